The molecule has 0 spiro atoms. The van der Waals surface area contributed by atoms with Gasteiger partial charge in [0.25, 0.3) is 0 Å². The number of halogens is 1. The number of unbranched alkanes of at least 4 members (excludes halogenated alkanes) is 1. The minimum atomic E-state index is -0.337. The predicted octanol–water partition coefficient (Wildman–Crippen LogP) is 3.87. The largest absolute Gasteiger partial charge is 0.335 e. The highest BCUT2D eigenvalue weighted by molar-refractivity contribution is 7.99. The third-order valence-electron chi connectivity index (χ3n) is 4.16. The molecule has 0 aliphatic heterocycles. The van der Waals surface area contributed by atoms with Gasteiger partial charge in [-0.25, -0.2) is 9.07 Å². The van der Waals surface area contributed by atoms with Gasteiger partial charge in [-0.2, -0.15) is 0 Å². The van der Waals surface area contributed by atoms with Gasteiger partial charge in [0.15, 0.2) is 5.82 Å². The number of nitrogens with one attached hydrogen (secondary N) is 1. The zero-order valence-corrected chi connectivity index (χ0v) is 16.4. The maximum absolute atomic E-state index is 13.1. The number of anilines is 1. The summed E-state index contributed by atoms with van der Waals surface area (Å²) in [6.45, 7) is 2.16. The molecule has 0 unspecified atom stereocenters. The monoisotopic (exact) mass is 399 g/mol. The molecule has 0 fully saturated rings. The number of benzene rings is 2. The first kappa shape index (κ1) is 19.9. The van der Waals surface area contributed by atoms with Gasteiger partial charge >= 0.3 is 0 Å². The summed E-state index contributed by atoms with van der Waals surface area (Å²) in [6, 6.07) is 13.7. The van der Waals surface area contributed by atoms with Gasteiger partial charge in [0.2, 0.25) is 11.1 Å². The lowest BCUT2D eigenvalue weighted by Crippen LogP contribution is -2.16. The highest BCUT2D eigenvalue weighted by Gasteiger charge is 2.14. The van der Waals surface area contributed by atoms with Crippen LogP contribution in [0, 0.1) is 5.82 Å². The van der Waals surface area contributed by atoms with E-state index < -0.39 is 0 Å². The second-order valence-corrected chi connectivity index (χ2v) is 7.26. The number of aromatic nitrogens is 3. The smallest absolute Gasteiger partial charge is 0.234 e. The van der Waals surface area contributed by atoms with Gasteiger partial charge in [0.05, 0.1) is 5.75 Å². The Morgan fingerprint density at radius 1 is 1.14 bits per heavy atom. The molecule has 3 N–H and O–H groups in total. The molecule has 0 radical (unpaired) electrons. The quantitative estimate of drug-likeness (QED) is 0.444. The van der Waals surface area contributed by atoms with E-state index in [2.05, 4.69) is 22.4 Å². The highest BCUT2D eigenvalue weighted by Crippen LogP contribution is 2.22. The number of amides is 1. The van der Waals surface area contributed by atoms with E-state index >= 15 is 0 Å². The predicted molar refractivity (Wildman–Crippen MR) is 110 cm³/mol. The van der Waals surface area contributed by atoms with Crippen LogP contribution in [0.15, 0.2) is 53.7 Å². The van der Waals surface area contributed by atoms with E-state index in [9.17, 15) is 9.18 Å². The maximum atomic E-state index is 13.1. The van der Waals surface area contributed by atoms with Crippen LogP contribution >= 0.6 is 11.8 Å². The first-order valence-electron chi connectivity index (χ1n) is 9.05. The summed E-state index contributed by atoms with van der Waals surface area (Å²) in [7, 11) is 0. The highest BCUT2D eigenvalue weighted by atomic mass is 32.2. The fourth-order valence-electron chi connectivity index (χ4n) is 2.63. The van der Waals surface area contributed by atoms with Crippen molar-refractivity contribution in [3.8, 4) is 11.4 Å². The van der Waals surface area contributed by atoms with E-state index in [4.69, 9.17) is 5.84 Å². The summed E-state index contributed by atoms with van der Waals surface area (Å²) in [5.41, 5.74) is 2.67. The van der Waals surface area contributed by atoms with Gasteiger partial charge in [-0.05, 0) is 54.8 Å². The maximum Gasteiger partial charge on any atom is 0.234 e. The van der Waals surface area contributed by atoms with Crippen LogP contribution in [-0.2, 0) is 11.2 Å². The normalized spacial score (nSPS) is 10.8. The van der Waals surface area contributed by atoms with E-state index in [-0.39, 0.29) is 17.5 Å². The van der Waals surface area contributed by atoms with Gasteiger partial charge in [-0.3, -0.25) is 4.79 Å². The minimum absolute atomic E-state index is 0.149. The van der Waals surface area contributed by atoms with Crippen molar-refractivity contribution in [2.75, 3.05) is 16.9 Å². The van der Waals surface area contributed by atoms with E-state index in [1.165, 1.54) is 34.1 Å². The summed E-state index contributed by atoms with van der Waals surface area (Å²) in [6.07, 6.45) is 3.36. The van der Waals surface area contributed by atoms with Crippen LogP contribution in [-0.4, -0.2) is 26.5 Å². The van der Waals surface area contributed by atoms with Gasteiger partial charge in [-0.15, -0.1) is 10.2 Å². The molecule has 6 nitrogen and oxygen atoms in total. The Kier molecular flexibility index (Phi) is 6.65. The molecule has 0 atom stereocenters. The number of carbonyl (C=O) groups excluding carboxylic acids is 1. The number of hydrogen-bond acceptors (Lipinski definition) is 5. The molecule has 8 heteroatoms. The van der Waals surface area contributed by atoms with E-state index in [1.807, 2.05) is 24.3 Å². The third-order valence-corrected chi connectivity index (χ3v) is 5.10. The van der Waals surface area contributed by atoms with Gasteiger partial charge < -0.3 is 11.2 Å². The molecule has 3 aromatic rings. The zero-order valence-electron chi connectivity index (χ0n) is 15.6. The number of nitrogen functional groups attached to an aromatic ring is 1. The lowest BCUT2D eigenvalue weighted by atomic mass is 10.1. The Bertz CT molecular complexity index is 925. The van der Waals surface area contributed by atoms with Crippen LogP contribution in [0.3, 0.4) is 0 Å². The molecule has 28 heavy (non-hydrogen) atoms. The lowest BCUT2D eigenvalue weighted by Gasteiger charge is -2.07. The van der Waals surface area contributed by atoms with Gasteiger partial charge in [0.1, 0.15) is 5.82 Å². The second-order valence-electron chi connectivity index (χ2n) is 6.32. The number of nitrogens with zero attached hydrogens (tertiary/aromatic N) is 3. The Morgan fingerprint density at radius 3 is 2.54 bits per heavy atom. The van der Waals surface area contributed by atoms with E-state index in [0.29, 0.717) is 16.5 Å². The average Bonchev–Trinajstić information content (AvgIpc) is 3.07. The fourth-order valence-corrected chi connectivity index (χ4v) is 3.29. The summed E-state index contributed by atoms with van der Waals surface area (Å²) in [5.74, 6) is 6.08. The number of nitrogens with two attached hydrogens (primary N) is 1. The van der Waals surface area contributed by atoms with Gasteiger partial charge in [0, 0.05) is 11.3 Å². The summed E-state index contributed by atoms with van der Waals surface area (Å²) >= 11 is 1.19. The Balaban J connectivity index is 1.55. The second kappa shape index (κ2) is 9.36. The number of hydrogen-bond donors (Lipinski definition) is 2. The summed E-state index contributed by atoms with van der Waals surface area (Å²) in [5, 5.41) is 11.3. The zero-order chi connectivity index (χ0) is 19.9. The molecule has 146 valence electrons. The minimum Gasteiger partial charge on any atom is -0.335 e. The van der Waals surface area contributed by atoms with E-state index in [1.54, 1.807) is 12.1 Å². The van der Waals surface area contributed by atoms with Crippen molar-refractivity contribution in [2.45, 2.75) is 31.3 Å². The number of aryl methyl sites for hydroxylation is 1. The number of carbonyl (C=O) groups is 1. The topological polar surface area (TPSA) is 85.8 Å². The molecule has 0 aliphatic rings. The van der Waals surface area contributed by atoms with E-state index in [0.717, 1.165) is 24.9 Å². The third kappa shape index (κ3) is 5.10. The van der Waals surface area contributed by atoms with Crippen molar-refractivity contribution in [3.63, 3.8) is 0 Å². The van der Waals surface area contributed by atoms with Crippen molar-refractivity contribution < 1.29 is 9.18 Å². The van der Waals surface area contributed by atoms with Crippen molar-refractivity contribution >= 4 is 23.4 Å². The summed E-state index contributed by atoms with van der Waals surface area (Å²) < 4.78 is 14.4. The number of thioether (sulfide) groups is 1. The van der Waals surface area contributed by atoms with Crippen LogP contribution in [0.2, 0.25) is 0 Å². The molecule has 0 bridgehead atoms. The molecule has 0 saturated carbocycles. The molecule has 3 rings (SSSR count). The lowest BCUT2D eigenvalue weighted by molar-refractivity contribution is -0.113. The Hall–Kier alpha value is -2.87. The molecule has 0 saturated heterocycles. The first-order valence-corrected chi connectivity index (χ1v) is 10.0. The Labute approximate surface area is 167 Å². The van der Waals surface area contributed by atoms with Crippen molar-refractivity contribution in [1.82, 2.24) is 14.9 Å². The summed E-state index contributed by atoms with van der Waals surface area (Å²) in [4.78, 5) is 12.2. The SMILES string of the molecule is CCCCc1ccc(NC(=O)CSc2nnc(-c3ccc(F)cc3)n2N)cc1. The molecular weight excluding hydrogens is 377 g/mol. The molecular formula is C20H22FN5OS. The van der Waals surface area contributed by atoms with Crippen molar-refractivity contribution in [3.05, 3.63) is 59.9 Å². The molecule has 1 heterocycles. The van der Waals surface area contributed by atoms with Gasteiger partial charge in [-0.1, -0.05) is 37.2 Å². The molecule has 1 aromatic heterocycles. The van der Waals surface area contributed by atoms with Crippen LogP contribution in [0.4, 0.5) is 10.1 Å². The Morgan fingerprint density at radius 2 is 1.86 bits per heavy atom. The molecule has 1 amide bonds. The van der Waals surface area contributed by atoms with Crippen LogP contribution in [0.5, 0.6) is 0 Å². The molecule has 0 aliphatic carbocycles. The van der Waals surface area contributed by atoms with Crippen LogP contribution in [0.25, 0.3) is 11.4 Å². The molecule has 2 aromatic carbocycles. The first-order chi connectivity index (χ1) is 13.6. The van der Waals surface area contributed by atoms with Crippen molar-refractivity contribution in [1.29, 1.82) is 0 Å². The van der Waals surface area contributed by atoms with Crippen molar-refractivity contribution in [2.24, 2.45) is 0 Å². The van der Waals surface area contributed by atoms with Crippen LogP contribution in [0.1, 0.15) is 25.3 Å². The number of rotatable bonds is 8. The fraction of sp³-hybridized carbons (Fsp3) is 0.250. The van der Waals surface area contributed by atoms with Crippen LogP contribution < -0.4 is 11.2 Å². The average molecular weight is 399 g/mol. The standard InChI is InChI=1S/C20H22FN5OS/c1-2-3-4-14-5-11-17(12-6-14)23-18(27)13-28-20-25-24-19(26(20)22)15-7-9-16(21)10-8-15/h5-12H,2-4,13,22H2,1H3,(H,23,27).